The predicted octanol–water partition coefficient (Wildman–Crippen LogP) is 4.03. The molecule has 0 saturated heterocycles. The summed E-state index contributed by atoms with van der Waals surface area (Å²) in [5.41, 5.74) is 1.47. The molecule has 0 saturated carbocycles. The topological polar surface area (TPSA) is 66.0 Å². The highest BCUT2D eigenvalue weighted by atomic mass is 16.5. The van der Waals surface area contributed by atoms with Crippen molar-refractivity contribution >= 4 is 0 Å². The summed E-state index contributed by atoms with van der Waals surface area (Å²) >= 11 is 0. The van der Waals surface area contributed by atoms with Gasteiger partial charge in [0.25, 0.3) is 0 Å². The van der Waals surface area contributed by atoms with Crippen LogP contribution in [0, 0.1) is 22.7 Å². The molecular formula is C19H18N2O2. The first-order valence-electron chi connectivity index (χ1n) is 7.43. The maximum atomic E-state index is 9.33. The molecule has 1 atom stereocenters. The number of nitriles is 2. The second kappa shape index (κ2) is 8.46. The van der Waals surface area contributed by atoms with Gasteiger partial charge in [-0.1, -0.05) is 12.1 Å². The van der Waals surface area contributed by atoms with E-state index in [-0.39, 0.29) is 5.92 Å². The highest BCUT2D eigenvalue weighted by Gasteiger charge is 2.11. The minimum Gasteiger partial charge on any atom is -0.497 e. The highest BCUT2D eigenvalue weighted by Crippen LogP contribution is 2.22. The van der Waals surface area contributed by atoms with Crippen LogP contribution in [0.5, 0.6) is 11.5 Å². The van der Waals surface area contributed by atoms with E-state index >= 15 is 0 Å². The highest BCUT2D eigenvalue weighted by molar-refractivity contribution is 5.36. The summed E-state index contributed by atoms with van der Waals surface area (Å²) < 4.78 is 10.8. The van der Waals surface area contributed by atoms with Crippen LogP contribution in [0.25, 0.3) is 0 Å². The molecule has 0 heterocycles. The first-order chi connectivity index (χ1) is 11.3. The Labute approximate surface area is 136 Å². The van der Waals surface area contributed by atoms with Crippen LogP contribution in [-0.2, 0) is 0 Å². The molecule has 0 aliphatic rings. The van der Waals surface area contributed by atoms with Gasteiger partial charge in [-0.25, -0.2) is 0 Å². The molecule has 0 amide bonds. The molecule has 0 aromatic heterocycles. The zero-order valence-corrected chi connectivity index (χ0v) is 13.0. The zero-order chi connectivity index (χ0) is 16.5. The van der Waals surface area contributed by atoms with Crippen LogP contribution >= 0.6 is 0 Å². The van der Waals surface area contributed by atoms with E-state index in [1.165, 1.54) is 0 Å². The van der Waals surface area contributed by atoms with Crippen molar-refractivity contribution in [1.29, 1.82) is 10.5 Å². The lowest BCUT2D eigenvalue weighted by molar-refractivity contribution is 0.304. The molecule has 0 spiro atoms. The number of benzene rings is 2. The van der Waals surface area contributed by atoms with E-state index < -0.39 is 0 Å². The van der Waals surface area contributed by atoms with Crippen molar-refractivity contribution in [1.82, 2.24) is 0 Å². The lowest BCUT2D eigenvalue weighted by Crippen LogP contribution is -2.02. The van der Waals surface area contributed by atoms with E-state index in [1.807, 2.05) is 36.4 Å². The van der Waals surface area contributed by atoms with Gasteiger partial charge in [0.05, 0.1) is 37.3 Å². The van der Waals surface area contributed by atoms with Crippen LogP contribution in [0.4, 0.5) is 0 Å². The average Bonchev–Trinajstić information content (AvgIpc) is 2.62. The van der Waals surface area contributed by atoms with E-state index in [2.05, 4.69) is 12.1 Å². The lowest BCUT2D eigenvalue weighted by Gasteiger charge is -2.11. The van der Waals surface area contributed by atoms with Crippen molar-refractivity contribution in [2.24, 2.45) is 0 Å². The Bertz CT molecular complexity index is 711. The number of hydrogen-bond acceptors (Lipinski definition) is 4. The fourth-order valence-electron chi connectivity index (χ4n) is 2.28. The molecule has 23 heavy (non-hydrogen) atoms. The van der Waals surface area contributed by atoms with E-state index in [0.29, 0.717) is 18.6 Å². The predicted molar refractivity (Wildman–Crippen MR) is 87.2 cm³/mol. The molecule has 2 aromatic rings. The van der Waals surface area contributed by atoms with Gasteiger partial charge < -0.3 is 9.47 Å². The summed E-state index contributed by atoms with van der Waals surface area (Å²) in [6.07, 6.45) is 1.46. The molecule has 1 unspecified atom stereocenters. The van der Waals surface area contributed by atoms with Crippen molar-refractivity contribution in [2.45, 2.75) is 18.8 Å². The summed E-state index contributed by atoms with van der Waals surface area (Å²) in [7, 11) is 1.62. The van der Waals surface area contributed by atoms with Crippen LogP contribution in [0.3, 0.4) is 0 Å². The van der Waals surface area contributed by atoms with Crippen LogP contribution in [-0.4, -0.2) is 13.7 Å². The number of rotatable bonds is 7. The van der Waals surface area contributed by atoms with Gasteiger partial charge in [0.1, 0.15) is 11.5 Å². The Hall–Kier alpha value is -2.98. The quantitative estimate of drug-likeness (QED) is 0.724. The molecule has 0 N–H and O–H groups in total. The van der Waals surface area contributed by atoms with Gasteiger partial charge in [0.2, 0.25) is 0 Å². The fourth-order valence-corrected chi connectivity index (χ4v) is 2.28. The molecular weight excluding hydrogens is 288 g/mol. The number of hydrogen-bond donors (Lipinski definition) is 0. The average molecular weight is 306 g/mol. The molecule has 116 valence electrons. The molecule has 4 heteroatoms. The van der Waals surface area contributed by atoms with Gasteiger partial charge in [0.15, 0.2) is 0 Å². The lowest BCUT2D eigenvalue weighted by atomic mass is 9.94. The third kappa shape index (κ3) is 4.76. The summed E-state index contributed by atoms with van der Waals surface area (Å²) in [6, 6.07) is 19.0. The van der Waals surface area contributed by atoms with Crippen molar-refractivity contribution in [2.75, 3.05) is 13.7 Å². The van der Waals surface area contributed by atoms with Crippen LogP contribution in [0.2, 0.25) is 0 Å². The Balaban J connectivity index is 1.84. The van der Waals surface area contributed by atoms with Crippen LogP contribution < -0.4 is 9.47 Å². The standard InChI is InChI=1S/C19H18N2O2/c1-22-18-7-9-19(10-8-18)23-11-3-6-17(14-21)16-5-2-4-15(12-16)13-20/h2,4-5,7-10,12,17H,3,6,11H2,1H3. The Kier molecular flexibility index (Phi) is 6.03. The second-order valence-electron chi connectivity index (χ2n) is 5.09. The van der Waals surface area contributed by atoms with E-state index in [9.17, 15) is 5.26 Å². The maximum absolute atomic E-state index is 9.33. The summed E-state index contributed by atoms with van der Waals surface area (Å²) in [6.45, 7) is 0.544. The van der Waals surface area contributed by atoms with Gasteiger partial charge in [-0.15, -0.1) is 0 Å². The third-order valence-electron chi connectivity index (χ3n) is 3.54. The van der Waals surface area contributed by atoms with Crippen LogP contribution in [0.15, 0.2) is 48.5 Å². The molecule has 0 aliphatic heterocycles. The van der Waals surface area contributed by atoms with E-state index in [4.69, 9.17) is 14.7 Å². The van der Waals surface area contributed by atoms with Gasteiger partial charge in [-0.05, 0) is 54.8 Å². The van der Waals surface area contributed by atoms with Crippen molar-refractivity contribution < 1.29 is 9.47 Å². The van der Waals surface area contributed by atoms with Crippen molar-refractivity contribution in [3.63, 3.8) is 0 Å². The largest absolute Gasteiger partial charge is 0.497 e. The smallest absolute Gasteiger partial charge is 0.119 e. The van der Waals surface area contributed by atoms with Gasteiger partial charge in [-0.2, -0.15) is 10.5 Å². The zero-order valence-electron chi connectivity index (χ0n) is 13.0. The fraction of sp³-hybridized carbons (Fsp3) is 0.263. The maximum Gasteiger partial charge on any atom is 0.119 e. The van der Waals surface area contributed by atoms with Gasteiger partial charge >= 0.3 is 0 Å². The molecule has 0 radical (unpaired) electrons. The Morgan fingerprint density at radius 3 is 2.43 bits per heavy atom. The normalized spacial score (nSPS) is 11.1. The van der Waals surface area contributed by atoms with Gasteiger partial charge in [-0.3, -0.25) is 0 Å². The molecule has 0 bridgehead atoms. The summed E-state index contributed by atoms with van der Waals surface area (Å²) in [5, 5.41) is 18.3. The summed E-state index contributed by atoms with van der Waals surface area (Å²) in [4.78, 5) is 0. The molecule has 2 rings (SSSR count). The minimum atomic E-state index is -0.220. The second-order valence-corrected chi connectivity index (χ2v) is 5.09. The SMILES string of the molecule is COc1ccc(OCCCC(C#N)c2cccc(C#N)c2)cc1. The molecule has 0 aliphatic carbocycles. The molecule has 4 nitrogen and oxygen atoms in total. The summed E-state index contributed by atoms with van der Waals surface area (Å²) in [5.74, 6) is 1.35. The van der Waals surface area contributed by atoms with Gasteiger partial charge in [0, 0.05) is 0 Å². The Morgan fingerprint density at radius 1 is 1.04 bits per heavy atom. The monoisotopic (exact) mass is 306 g/mol. The van der Waals surface area contributed by atoms with E-state index in [0.717, 1.165) is 23.5 Å². The minimum absolute atomic E-state index is 0.220. The first-order valence-corrected chi connectivity index (χ1v) is 7.43. The number of methoxy groups -OCH3 is 1. The van der Waals surface area contributed by atoms with Crippen LogP contribution in [0.1, 0.15) is 29.9 Å². The number of ether oxygens (including phenoxy) is 2. The molecule has 0 fully saturated rings. The number of nitrogens with zero attached hydrogens (tertiary/aromatic N) is 2. The van der Waals surface area contributed by atoms with E-state index in [1.54, 1.807) is 19.2 Å². The third-order valence-corrected chi connectivity index (χ3v) is 3.54. The first kappa shape index (κ1) is 16.4. The van der Waals surface area contributed by atoms with Crippen molar-refractivity contribution in [3.05, 3.63) is 59.7 Å². The Morgan fingerprint density at radius 2 is 1.78 bits per heavy atom. The molecule has 2 aromatic carbocycles. The van der Waals surface area contributed by atoms with Crippen molar-refractivity contribution in [3.8, 4) is 23.6 Å².